The van der Waals surface area contributed by atoms with Crippen molar-refractivity contribution in [3.05, 3.63) is 0 Å². The summed E-state index contributed by atoms with van der Waals surface area (Å²) in [6.07, 6.45) is 2.31. The Morgan fingerprint density at radius 2 is 1.43 bits per heavy atom. The van der Waals surface area contributed by atoms with Crippen LogP contribution in [0.3, 0.4) is 0 Å². The summed E-state index contributed by atoms with van der Waals surface area (Å²) in [5.74, 6) is 0. The van der Waals surface area contributed by atoms with Crippen molar-refractivity contribution in [2.45, 2.75) is 12.8 Å². The summed E-state index contributed by atoms with van der Waals surface area (Å²) in [5.41, 5.74) is 0. The average molecular weight is 453 g/mol. The van der Waals surface area contributed by atoms with E-state index in [4.69, 9.17) is 64.6 Å². The van der Waals surface area contributed by atoms with Gasteiger partial charge in [-0.25, -0.2) is 4.58 Å². The molecule has 0 unspecified atom stereocenters. The van der Waals surface area contributed by atoms with Gasteiger partial charge in [0.2, 0.25) is 5.17 Å². The molecule has 88 valence electrons. The fourth-order valence-electron chi connectivity index (χ4n) is 0.774. The fraction of sp³-hybridized carbons (Fsp3) is 0.800. The monoisotopic (exact) mass is 449 g/mol. The molecule has 0 N–H and O–H groups in total. The normalized spacial score (nSPS) is 22.3. The predicted molar refractivity (Wildman–Crippen MR) is 72.0 cm³/mol. The summed E-state index contributed by atoms with van der Waals surface area (Å²) in [6, 6.07) is 0. The van der Waals surface area contributed by atoms with Gasteiger partial charge in [0, 0.05) is 6.42 Å². The predicted octanol–water partition coefficient (Wildman–Crippen LogP) is 4.82. The maximum absolute atomic E-state index is 5.71. The zero-order valence-electron chi connectivity index (χ0n) is 7.16. The molecule has 0 aliphatic carbocycles. The van der Waals surface area contributed by atoms with Gasteiger partial charge in [0.25, 0.3) is 0 Å². The SMILES string of the molecule is C[N+]1=C(Cl)CCC1.[Cl][Sb-]([Cl])([Cl])([Cl])([Cl])[Cl]. The van der Waals surface area contributed by atoms with Gasteiger partial charge in [-0.2, -0.15) is 0 Å². The van der Waals surface area contributed by atoms with Crippen LogP contribution in [0, 0.1) is 0 Å². The topological polar surface area (TPSA) is 3.01 Å². The van der Waals surface area contributed by atoms with Gasteiger partial charge >= 0.3 is 62.1 Å². The Morgan fingerprint density at radius 3 is 1.50 bits per heavy atom. The number of nitrogens with zero attached hydrogens (tertiary/aromatic N) is 1. The Hall–Kier alpha value is 2.52. The van der Waals surface area contributed by atoms with Crippen LogP contribution in [0.2, 0.25) is 0 Å². The first-order chi connectivity index (χ1) is 5.75. The molecule has 1 nitrogen and oxygen atoms in total. The zero-order valence-corrected chi connectivity index (χ0v) is 15.0. The molecule has 1 heterocycles. The first-order valence-electron chi connectivity index (χ1n) is 3.54. The second kappa shape index (κ2) is 4.65. The number of halogens is 7. The van der Waals surface area contributed by atoms with Gasteiger partial charge in [-0.3, -0.25) is 0 Å². The molecular weight excluding hydrogens is 444 g/mol. The molecule has 0 saturated carbocycles. The summed E-state index contributed by atoms with van der Waals surface area (Å²) >= 11 is 5.71. The standard InChI is InChI=1S/C5H9ClN.6ClH.Sb/c1-7-4-2-3-5(7)6;;;;;;;/h2-4H2,1H3;6*1H;/q+1;;;;;;;+5/p-6. The van der Waals surface area contributed by atoms with E-state index in [0.717, 1.165) is 18.1 Å². The van der Waals surface area contributed by atoms with Crippen LogP contribution in [-0.2, 0) is 0 Å². The number of hydrogen-bond acceptors (Lipinski definition) is 0. The third-order valence-corrected chi connectivity index (χ3v) is 1.77. The Labute approximate surface area is 108 Å². The van der Waals surface area contributed by atoms with E-state index in [1.54, 1.807) is 0 Å². The van der Waals surface area contributed by atoms with Crippen molar-refractivity contribution in [3.63, 3.8) is 0 Å². The van der Waals surface area contributed by atoms with E-state index in [0.29, 0.717) is 0 Å². The van der Waals surface area contributed by atoms with E-state index >= 15 is 0 Å². The molecule has 0 fully saturated rings. The van der Waals surface area contributed by atoms with E-state index in [2.05, 4.69) is 4.58 Å². The summed E-state index contributed by atoms with van der Waals surface area (Å²) in [7, 11) is 27.0. The first-order valence-corrected chi connectivity index (χ1v) is 23.3. The molecule has 0 aromatic heterocycles. The van der Waals surface area contributed by atoms with Crippen LogP contribution in [0.15, 0.2) is 0 Å². The minimum absolute atomic E-state index is 1.01. The van der Waals surface area contributed by atoms with E-state index in [9.17, 15) is 0 Å². The molecule has 0 atom stereocenters. The van der Waals surface area contributed by atoms with Gasteiger partial charge in [-0.15, -0.1) is 0 Å². The fourth-order valence-corrected chi connectivity index (χ4v) is 0.992. The summed E-state index contributed by atoms with van der Waals surface area (Å²) < 4.78 is 2.08. The second-order valence-corrected chi connectivity index (χ2v) is 60.2. The molecular formula is C5H9Cl7NSb. The van der Waals surface area contributed by atoms with E-state index < -0.39 is 9.14 Å². The van der Waals surface area contributed by atoms with Crippen molar-refractivity contribution in [2.24, 2.45) is 0 Å². The third kappa shape index (κ3) is 16.9. The molecule has 0 saturated heterocycles. The van der Waals surface area contributed by atoms with Crippen LogP contribution < -0.4 is 0 Å². The molecule has 14 heavy (non-hydrogen) atoms. The maximum atomic E-state index is 5.71. The van der Waals surface area contributed by atoms with Crippen molar-refractivity contribution < 1.29 is 4.58 Å². The van der Waals surface area contributed by atoms with Crippen LogP contribution in [0.1, 0.15) is 12.8 Å². The van der Waals surface area contributed by atoms with Crippen LogP contribution in [0.4, 0.5) is 0 Å². The van der Waals surface area contributed by atoms with Gasteiger partial charge in [0.15, 0.2) is 0 Å². The van der Waals surface area contributed by atoms with Crippen molar-refractivity contribution >= 4 is 78.9 Å². The van der Waals surface area contributed by atoms with Crippen molar-refractivity contribution in [2.75, 3.05) is 13.6 Å². The van der Waals surface area contributed by atoms with E-state index in [1.165, 1.54) is 6.42 Å². The molecule has 0 aromatic carbocycles. The number of hydrogen-bond donors (Lipinski definition) is 0. The van der Waals surface area contributed by atoms with E-state index in [1.807, 2.05) is 7.05 Å². The molecule has 9 heteroatoms. The van der Waals surface area contributed by atoms with Crippen molar-refractivity contribution in [1.29, 1.82) is 0 Å². The molecule has 0 bridgehead atoms. The Balaban J connectivity index is 0.000000241. The minimum atomic E-state index is -5.42. The molecule has 1 aliphatic rings. The van der Waals surface area contributed by atoms with Crippen LogP contribution >= 0.6 is 64.6 Å². The zero-order chi connectivity index (χ0) is 11.7. The van der Waals surface area contributed by atoms with Gasteiger partial charge in [0.1, 0.15) is 13.6 Å². The third-order valence-electron chi connectivity index (χ3n) is 1.29. The van der Waals surface area contributed by atoms with Gasteiger partial charge < -0.3 is 0 Å². The van der Waals surface area contributed by atoms with Crippen molar-refractivity contribution in [3.8, 4) is 0 Å². The van der Waals surface area contributed by atoms with Gasteiger partial charge in [-0.05, 0) is 11.6 Å². The van der Waals surface area contributed by atoms with Crippen LogP contribution in [0.5, 0.6) is 0 Å². The van der Waals surface area contributed by atoms with Gasteiger partial charge in [-0.1, -0.05) is 0 Å². The summed E-state index contributed by atoms with van der Waals surface area (Å²) in [4.78, 5) is 0. The first kappa shape index (κ1) is 16.5. The molecule has 0 amide bonds. The summed E-state index contributed by atoms with van der Waals surface area (Å²) in [5, 5.41) is 1.01. The van der Waals surface area contributed by atoms with Gasteiger partial charge in [0.05, 0.1) is 6.42 Å². The van der Waals surface area contributed by atoms with Crippen LogP contribution in [0.25, 0.3) is 0 Å². The molecule has 0 radical (unpaired) electrons. The average Bonchev–Trinajstić information content (AvgIpc) is 2.07. The Bertz CT molecular complexity index is 225. The second-order valence-electron chi connectivity index (χ2n) is 2.86. The molecule has 0 spiro atoms. The molecule has 1 rings (SSSR count). The van der Waals surface area contributed by atoms with Crippen molar-refractivity contribution in [1.82, 2.24) is 0 Å². The molecule has 1 aliphatic heterocycles. The molecule has 0 aromatic rings. The Morgan fingerprint density at radius 1 is 1.07 bits per heavy atom. The summed E-state index contributed by atoms with van der Waals surface area (Å²) in [6.45, 7) is 1.14. The van der Waals surface area contributed by atoms with E-state index in [-0.39, 0.29) is 0 Å². The Kier molecular flexibility index (Phi) is 5.49. The quantitative estimate of drug-likeness (QED) is 0.366. The number of rotatable bonds is 0. The van der Waals surface area contributed by atoms with Crippen LogP contribution in [-0.4, -0.2) is 32.5 Å².